The fourth-order valence-corrected chi connectivity index (χ4v) is 5.71. The van der Waals surface area contributed by atoms with Crippen molar-refractivity contribution in [2.45, 2.75) is 24.3 Å². The van der Waals surface area contributed by atoms with E-state index < -0.39 is 9.84 Å². The molecule has 2 heterocycles. The van der Waals surface area contributed by atoms with E-state index in [9.17, 15) is 13.5 Å². The summed E-state index contributed by atoms with van der Waals surface area (Å²) in [5.41, 5.74) is 2.22. The number of nitrogens with zero attached hydrogens (tertiary/aromatic N) is 3. The van der Waals surface area contributed by atoms with Crippen LogP contribution in [0.2, 0.25) is 5.02 Å². The molecule has 5 rings (SSSR count). The highest BCUT2D eigenvalue weighted by Crippen LogP contribution is 2.35. The van der Waals surface area contributed by atoms with E-state index in [0.29, 0.717) is 34.6 Å². The van der Waals surface area contributed by atoms with Gasteiger partial charge in [-0.3, -0.25) is 0 Å². The van der Waals surface area contributed by atoms with Gasteiger partial charge in [-0.1, -0.05) is 17.7 Å². The molecular weight excluding hydrogens is 476 g/mol. The van der Waals surface area contributed by atoms with E-state index in [2.05, 4.69) is 15.3 Å². The number of halogens is 1. The molecule has 2 N–H and O–H groups in total. The highest BCUT2D eigenvalue weighted by molar-refractivity contribution is 7.91. The van der Waals surface area contributed by atoms with E-state index in [-0.39, 0.29) is 23.2 Å². The first kappa shape index (κ1) is 22.6. The summed E-state index contributed by atoms with van der Waals surface area (Å²) < 4.78 is 33.0. The molecule has 0 aliphatic heterocycles. The van der Waals surface area contributed by atoms with Crippen LogP contribution in [0, 0.1) is 5.92 Å². The molecular formula is C24H23ClN4O4S. The highest BCUT2D eigenvalue weighted by atomic mass is 35.5. The normalized spacial score (nSPS) is 13.8. The van der Waals surface area contributed by atoms with Crippen molar-refractivity contribution >= 4 is 44.0 Å². The number of sulfone groups is 1. The topological polar surface area (TPSA) is 106 Å². The SMILES string of the molecule is O=S(=O)(CC1CC1)c1cccc(Oc2ccc(Nc3ncnc4ccn(CCO)c34)cc2Cl)c1. The second-order valence-electron chi connectivity index (χ2n) is 8.26. The van der Waals surface area contributed by atoms with Crippen LogP contribution < -0.4 is 10.1 Å². The summed E-state index contributed by atoms with van der Waals surface area (Å²) in [5.74, 6) is 1.84. The Morgan fingerprint density at radius 2 is 2.00 bits per heavy atom. The quantitative estimate of drug-likeness (QED) is 0.341. The molecule has 10 heteroatoms. The van der Waals surface area contributed by atoms with Gasteiger partial charge in [0.25, 0.3) is 0 Å². The van der Waals surface area contributed by atoms with Crippen molar-refractivity contribution in [3.05, 3.63) is 66.1 Å². The lowest BCUT2D eigenvalue weighted by Crippen LogP contribution is -2.08. The second kappa shape index (κ2) is 9.25. The summed E-state index contributed by atoms with van der Waals surface area (Å²) in [5, 5.41) is 12.9. The van der Waals surface area contributed by atoms with Crippen LogP contribution in [0.15, 0.2) is 66.0 Å². The monoisotopic (exact) mass is 498 g/mol. The number of hydrogen-bond donors (Lipinski definition) is 2. The first-order valence-corrected chi connectivity index (χ1v) is 12.9. The summed E-state index contributed by atoms with van der Waals surface area (Å²) in [6.07, 6.45) is 5.26. The number of ether oxygens (including phenoxy) is 1. The molecule has 0 unspecified atom stereocenters. The molecule has 0 bridgehead atoms. The maximum absolute atomic E-state index is 12.6. The standard InChI is InChI=1S/C24H23ClN4O4S/c25-20-12-17(28-24-23-21(26-15-27-24)8-9-29(23)10-11-30)6-7-22(20)33-18-2-1-3-19(13-18)34(31,32)14-16-4-5-16/h1-3,6-9,12-13,15-16,30H,4-5,10-11,14H2,(H,26,27,28). The van der Waals surface area contributed by atoms with Gasteiger partial charge in [-0.2, -0.15) is 0 Å². The number of benzene rings is 2. The van der Waals surface area contributed by atoms with Crippen molar-refractivity contribution in [2.75, 3.05) is 17.7 Å². The molecule has 0 saturated heterocycles. The summed E-state index contributed by atoms with van der Waals surface area (Å²) in [6, 6.07) is 13.6. The fraction of sp³-hybridized carbons (Fsp3) is 0.250. The lowest BCUT2D eigenvalue weighted by atomic mass is 10.3. The van der Waals surface area contributed by atoms with Crippen LogP contribution in [0.1, 0.15) is 12.8 Å². The van der Waals surface area contributed by atoms with Gasteiger partial charge in [0, 0.05) is 18.4 Å². The average Bonchev–Trinajstić information content (AvgIpc) is 3.52. The molecule has 2 aromatic carbocycles. The molecule has 0 radical (unpaired) electrons. The van der Waals surface area contributed by atoms with E-state index in [0.717, 1.165) is 23.9 Å². The largest absolute Gasteiger partial charge is 0.456 e. The van der Waals surface area contributed by atoms with Crippen LogP contribution in [0.25, 0.3) is 11.0 Å². The summed E-state index contributed by atoms with van der Waals surface area (Å²) in [6.45, 7) is 0.424. The molecule has 0 amide bonds. The van der Waals surface area contributed by atoms with E-state index >= 15 is 0 Å². The second-order valence-corrected chi connectivity index (χ2v) is 10.7. The lowest BCUT2D eigenvalue weighted by molar-refractivity contribution is 0.278. The van der Waals surface area contributed by atoms with Gasteiger partial charge in [-0.25, -0.2) is 18.4 Å². The van der Waals surface area contributed by atoms with Gasteiger partial charge in [-0.05, 0) is 61.2 Å². The maximum atomic E-state index is 12.6. The van der Waals surface area contributed by atoms with Crippen LogP contribution in [0.3, 0.4) is 0 Å². The van der Waals surface area contributed by atoms with Crippen LogP contribution in [-0.4, -0.2) is 40.4 Å². The van der Waals surface area contributed by atoms with E-state index in [1.807, 2.05) is 16.8 Å². The van der Waals surface area contributed by atoms with Crippen LogP contribution in [-0.2, 0) is 16.4 Å². The Balaban J connectivity index is 1.36. The third-order valence-corrected chi connectivity index (χ3v) is 7.81. The van der Waals surface area contributed by atoms with Crippen molar-refractivity contribution in [1.29, 1.82) is 0 Å². The number of hydrogen-bond acceptors (Lipinski definition) is 7. The molecule has 1 aliphatic carbocycles. The minimum Gasteiger partial charge on any atom is -0.456 e. The molecule has 1 aliphatic rings. The maximum Gasteiger partial charge on any atom is 0.178 e. The van der Waals surface area contributed by atoms with E-state index in [4.69, 9.17) is 16.3 Å². The van der Waals surface area contributed by atoms with Crippen LogP contribution in [0.4, 0.5) is 11.5 Å². The summed E-state index contributed by atoms with van der Waals surface area (Å²) in [7, 11) is -3.34. The third-order valence-electron chi connectivity index (χ3n) is 5.63. The minimum atomic E-state index is -3.34. The van der Waals surface area contributed by atoms with Gasteiger partial charge in [0.05, 0.1) is 27.8 Å². The molecule has 34 heavy (non-hydrogen) atoms. The fourth-order valence-electron chi connectivity index (χ4n) is 3.77. The molecule has 0 spiro atoms. The molecule has 1 saturated carbocycles. The smallest absolute Gasteiger partial charge is 0.178 e. The van der Waals surface area contributed by atoms with Crippen LogP contribution in [0.5, 0.6) is 11.5 Å². The Bertz CT molecular complexity index is 1450. The Morgan fingerprint density at radius 3 is 2.76 bits per heavy atom. The Labute approximate surface area is 202 Å². The Morgan fingerprint density at radius 1 is 1.15 bits per heavy atom. The van der Waals surface area contributed by atoms with Gasteiger partial charge in [0.2, 0.25) is 0 Å². The number of aliphatic hydroxyl groups is 1. The van der Waals surface area contributed by atoms with Crippen molar-refractivity contribution in [2.24, 2.45) is 5.92 Å². The van der Waals surface area contributed by atoms with Crippen molar-refractivity contribution in [3.63, 3.8) is 0 Å². The third kappa shape index (κ3) is 4.86. The minimum absolute atomic E-state index is 0.000932. The van der Waals surface area contributed by atoms with Gasteiger partial charge in [-0.15, -0.1) is 0 Å². The zero-order valence-corrected chi connectivity index (χ0v) is 19.8. The zero-order chi connectivity index (χ0) is 23.7. The van der Waals surface area contributed by atoms with Gasteiger partial charge < -0.3 is 19.7 Å². The molecule has 8 nitrogen and oxygen atoms in total. The van der Waals surface area contributed by atoms with Crippen molar-refractivity contribution < 1.29 is 18.3 Å². The Kier molecular flexibility index (Phi) is 6.16. The van der Waals surface area contributed by atoms with Gasteiger partial charge in [0.1, 0.15) is 23.3 Å². The van der Waals surface area contributed by atoms with E-state index in [1.54, 1.807) is 36.4 Å². The molecule has 0 atom stereocenters. The van der Waals surface area contributed by atoms with Crippen LogP contribution >= 0.6 is 11.6 Å². The average molecular weight is 499 g/mol. The predicted octanol–water partition coefficient (Wildman–Crippen LogP) is 4.80. The lowest BCUT2D eigenvalue weighted by Gasteiger charge is -2.13. The Hall–Kier alpha value is -3.14. The summed E-state index contributed by atoms with van der Waals surface area (Å²) in [4.78, 5) is 8.86. The number of fused-ring (bicyclic) bond motifs is 1. The van der Waals surface area contributed by atoms with Gasteiger partial charge in [0.15, 0.2) is 15.7 Å². The first-order valence-electron chi connectivity index (χ1n) is 10.9. The molecule has 176 valence electrons. The molecule has 2 aromatic heterocycles. The molecule has 1 fully saturated rings. The van der Waals surface area contributed by atoms with E-state index in [1.165, 1.54) is 12.4 Å². The number of aromatic nitrogens is 3. The predicted molar refractivity (Wildman–Crippen MR) is 131 cm³/mol. The zero-order valence-electron chi connectivity index (χ0n) is 18.2. The summed E-state index contributed by atoms with van der Waals surface area (Å²) >= 11 is 6.48. The molecule has 4 aromatic rings. The van der Waals surface area contributed by atoms with Crippen molar-refractivity contribution in [1.82, 2.24) is 14.5 Å². The van der Waals surface area contributed by atoms with Crippen molar-refractivity contribution in [3.8, 4) is 11.5 Å². The number of nitrogens with one attached hydrogen (secondary N) is 1. The highest BCUT2D eigenvalue weighted by Gasteiger charge is 2.29. The number of anilines is 2. The number of rotatable bonds is 9. The van der Waals surface area contributed by atoms with Gasteiger partial charge >= 0.3 is 0 Å². The number of aliphatic hydroxyl groups excluding tert-OH is 1. The first-order chi connectivity index (χ1) is 16.4.